The van der Waals surface area contributed by atoms with Crippen LogP contribution < -0.4 is 14.2 Å². The third kappa shape index (κ3) is 12.2. The largest absolute Gasteiger partial charge is 0.497 e. The topological polar surface area (TPSA) is 108 Å². The smallest absolute Gasteiger partial charge is 0.311 e. The third-order valence-electron chi connectivity index (χ3n) is 8.85. The van der Waals surface area contributed by atoms with Crippen LogP contribution >= 0.6 is 0 Å². The van der Waals surface area contributed by atoms with Gasteiger partial charge in [0, 0.05) is 26.1 Å². The van der Waals surface area contributed by atoms with Gasteiger partial charge in [0.15, 0.2) is 12.6 Å². The minimum Gasteiger partial charge on any atom is -0.497 e. The minimum absolute atomic E-state index is 0.0779. The Labute approximate surface area is 288 Å². The van der Waals surface area contributed by atoms with Gasteiger partial charge in [-0.3, -0.25) is 9.59 Å². The van der Waals surface area contributed by atoms with Gasteiger partial charge in [0.1, 0.15) is 41.6 Å². The first-order chi connectivity index (χ1) is 24.0. The molecule has 1 aliphatic carbocycles. The summed E-state index contributed by atoms with van der Waals surface area (Å²) in [5.41, 5.74) is 0. The normalized spacial score (nSPS) is 24.9. The number of allylic oxidation sites excluding steroid dienone is 2. The van der Waals surface area contributed by atoms with E-state index in [1.54, 1.807) is 43.5 Å². The molecular weight excluding hydrogens is 635 g/mol. The Balaban J connectivity index is 1.16. The second-order valence-corrected chi connectivity index (χ2v) is 12.6. The molecule has 49 heavy (non-hydrogen) atoms. The fourth-order valence-corrected chi connectivity index (χ4v) is 6.19. The molecule has 2 heterocycles. The molecule has 2 aromatic rings. The van der Waals surface area contributed by atoms with Crippen molar-refractivity contribution in [3.63, 3.8) is 0 Å². The molecule has 10 nitrogen and oxygen atoms in total. The number of hydrogen-bond donors (Lipinski definition) is 0. The molecule has 0 amide bonds. The van der Waals surface area contributed by atoms with Crippen molar-refractivity contribution in [2.24, 2.45) is 5.92 Å². The van der Waals surface area contributed by atoms with Gasteiger partial charge in [-0.05, 0) is 106 Å². The molecule has 11 heteroatoms. The quantitative estimate of drug-likeness (QED) is 0.0726. The van der Waals surface area contributed by atoms with E-state index in [1.165, 1.54) is 12.1 Å². The van der Waals surface area contributed by atoms with Gasteiger partial charge in [-0.2, -0.15) is 0 Å². The Morgan fingerprint density at radius 1 is 0.898 bits per heavy atom. The monoisotopic (exact) mass is 684 g/mol. The van der Waals surface area contributed by atoms with Gasteiger partial charge in [-0.15, -0.1) is 0 Å². The van der Waals surface area contributed by atoms with Crippen LogP contribution in [0.15, 0.2) is 60.7 Å². The standard InChI is InChI=1S/C38H49FO10/c1-42-28-18-20-30(21-19-28)47-35(41)11-5-3-2-4-10-32-33(40)24-34(49-37-13-7-9-23-44-37)38(32)46-26-31(48-36-12-6-8-22-43-36)25-45-29-16-14-27(39)15-17-29/h2,4,14-21,31-32,34,36-38H,3,5-13,22-26H2,1H3/b4-2-/t31?,32-,34+,36?,37?,38+/m0/s1. The number of carbonyl (C=O) groups excluding carboxylic acids is 2. The lowest BCUT2D eigenvalue weighted by Gasteiger charge is -2.32. The molecule has 2 aromatic carbocycles. The first-order valence-electron chi connectivity index (χ1n) is 17.5. The molecule has 3 unspecified atom stereocenters. The van der Waals surface area contributed by atoms with E-state index < -0.39 is 24.2 Å². The number of ketones is 1. The van der Waals surface area contributed by atoms with Crippen LogP contribution in [-0.4, -0.2) is 76.2 Å². The average Bonchev–Trinajstić information content (AvgIpc) is 3.41. The molecule has 2 aliphatic heterocycles. The molecule has 3 aliphatic rings. The lowest BCUT2D eigenvalue weighted by Crippen LogP contribution is -2.40. The molecule has 5 rings (SSSR count). The summed E-state index contributed by atoms with van der Waals surface area (Å²) in [4.78, 5) is 25.6. The van der Waals surface area contributed by atoms with Gasteiger partial charge < -0.3 is 37.9 Å². The van der Waals surface area contributed by atoms with Crippen LogP contribution in [0.1, 0.15) is 70.6 Å². The van der Waals surface area contributed by atoms with Crippen LogP contribution in [-0.2, 0) is 33.3 Å². The SMILES string of the molecule is COc1ccc(OC(=O)CCC/C=C\C[C@H]2C(=O)C[C@@H](OC3CCCCO3)[C@@H]2OCC(COc2ccc(F)cc2)OC2CCCCO2)cc1. The number of rotatable bonds is 18. The number of carbonyl (C=O) groups is 2. The second kappa shape index (κ2) is 19.7. The summed E-state index contributed by atoms with van der Waals surface area (Å²) < 4.78 is 60.7. The fraction of sp³-hybridized carbons (Fsp3) is 0.579. The molecule has 2 saturated heterocycles. The maximum absolute atomic E-state index is 13.4. The lowest BCUT2D eigenvalue weighted by atomic mass is 9.99. The van der Waals surface area contributed by atoms with Gasteiger partial charge in [0.05, 0.1) is 31.8 Å². The Bertz CT molecular complexity index is 1300. The van der Waals surface area contributed by atoms with Crippen molar-refractivity contribution in [2.45, 2.75) is 102 Å². The van der Waals surface area contributed by atoms with E-state index in [0.717, 1.165) is 38.5 Å². The van der Waals surface area contributed by atoms with Crippen LogP contribution in [0.2, 0.25) is 0 Å². The van der Waals surface area contributed by atoms with Crippen molar-refractivity contribution in [1.82, 2.24) is 0 Å². The van der Waals surface area contributed by atoms with Crippen molar-refractivity contribution in [2.75, 3.05) is 33.5 Å². The highest BCUT2D eigenvalue weighted by atomic mass is 19.1. The number of benzene rings is 2. The fourth-order valence-electron chi connectivity index (χ4n) is 6.19. The molecular formula is C38H49FO10. The van der Waals surface area contributed by atoms with Crippen LogP contribution in [0.4, 0.5) is 4.39 Å². The van der Waals surface area contributed by atoms with Crippen LogP contribution in [0.25, 0.3) is 0 Å². The number of esters is 1. The Hall–Kier alpha value is -3.35. The zero-order chi connectivity index (χ0) is 34.3. The van der Waals surface area contributed by atoms with E-state index in [4.69, 9.17) is 37.9 Å². The predicted octanol–water partition coefficient (Wildman–Crippen LogP) is 6.73. The zero-order valence-corrected chi connectivity index (χ0v) is 28.3. The third-order valence-corrected chi connectivity index (χ3v) is 8.85. The second-order valence-electron chi connectivity index (χ2n) is 12.6. The minimum atomic E-state index is -0.508. The first-order valence-corrected chi connectivity index (χ1v) is 17.5. The van der Waals surface area contributed by atoms with Gasteiger partial charge >= 0.3 is 5.97 Å². The summed E-state index contributed by atoms with van der Waals surface area (Å²) >= 11 is 0. The number of methoxy groups -OCH3 is 1. The highest BCUT2D eigenvalue weighted by molar-refractivity contribution is 5.85. The van der Waals surface area contributed by atoms with Gasteiger partial charge in [0.25, 0.3) is 0 Å². The summed E-state index contributed by atoms with van der Waals surface area (Å²) in [6.07, 6.45) is 9.59. The zero-order valence-electron chi connectivity index (χ0n) is 28.3. The molecule has 0 bridgehead atoms. The van der Waals surface area contributed by atoms with Gasteiger partial charge in [-0.1, -0.05) is 12.2 Å². The average molecular weight is 685 g/mol. The first kappa shape index (κ1) is 36.9. The van der Waals surface area contributed by atoms with E-state index in [0.29, 0.717) is 49.7 Å². The molecule has 0 N–H and O–H groups in total. The number of Topliss-reactive ketones (excluding diaryl/α,β-unsaturated/α-hetero) is 1. The highest BCUT2D eigenvalue weighted by Gasteiger charge is 2.45. The summed E-state index contributed by atoms with van der Waals surface area (Å²) in [6.45, 7) is 1.58. The highest BCUT2D eigenvalue weighted by Crippen LogP contribution is 2.34. The van der Waals surface area contributed by atoms with Gasteiger partial charge in [-0.25, -0.2) is 4.39 Å². The number of ether oxygens (including phenoxy) is 8. The molecule has 0 spiro atoms. The Morgan fingerprint density at radius 2 is 1.59 bits per heavy atom. The molecule has 1 saturated carbocycles. The summed E-state index contributed by atoms with van der Waals surface area (Å²) in [5.74, 6) is 0.707. The predicted molar refractivity (Wildman–Crippen MR) is 178 cm³/mol. The Morgan fingerprint density at radius 3 is 2.29 bits per heavy atom. The van der Waals surface area contributed by atoms with Crippen LogP contribution in [0.5, 0.6) is 17.2 Å². The van der Waals surface area contributed by atoms with Crippen molar-refractivity contribution in [1.29, 1.82) is 0 Å². The number of halogens is 1. The van der Waals surface area contributed by atoms with Crippen molar-refractivity contribution in [3.05, 3.63) is 66.5 Å². The van der Waals surface area contributed by atoms with Gasteiger partial charge in [0.2, 0.25) is 0 Å². The maximum atomic E-state index is 13.4. The lowest BCUT2D eigenvalue weighted by molar-refractivity contribution is -0.226. The molecule has 0 aromatic heterocycles. The molecule has 3 fully saturated rings. The molecule has 268 valence electrons. The van der Waals surface area contributed by atoms with Crippen molar-refractivity contribution in [3.8, 4) is 17.2 Å². The number of hydrogen-bond acceptors (Lipinski definition) is 10. The van der Waals surface area contributed by atoms with E-state index in [2.05, 4.69) is 0 Å². The summed E-state index contributed by atoms with van der Waals surface area (Å²) in [5, 5.41) is 0. The Kier molecular flexibility index (Phi) is 14.9. The maximum Gasteiger partial charge on any atom is 0.311 e. The van der Waals surface area contributed by atoms with E-state index >= 15 is 0 Å². The summed E-state index contributed by atoms with van der Waals surface area (Å²) in [6, 6.07) is 12.7. The van der Waals surface area contributed by atoms with E-state index in [-0.39, 0.29) is 56.2 Å². The van der Waals surface area contributed by atoms with Crippen molar-refractivity contribution < 1.29 is 51.9 Å². The van der Waals surface area contributed by atoms with Crippen LogP contribution in [0.3, 0.4) is 0 Å². The molecule has 0 radical (unpaired) electrons. The van der Waals surface area contributed by atoms with Crippen molar-refractivity contribution >= 4 is 11.8 Å². The number of unbranched alkanes of at least 4 members (excludes halogenated alkanes) is 1. The van der Waals surface area contributed by atoms with E-state index in [9.17, 15) is 14.0 Å². The molecule has 6 atom stereocenters. The van der Waals surface area contributed by atoms with Crippen LogP contribution in [0, 0.1) is 11.7 Å². The van der Waals surface area contributed by atoms with E-state index in [1.807, 2.05) is 12.2 Å². The summed E-state index contributed by atoms with van der Waals surface area (Å²) in [7, 11) is 1.58.